The molecule has 0 spiro atoms. The standard InChI is InChI=1S/C18H25ClN2O4/c1-24-15-6-5-13(12-16(15)25-2)18(23)20-14-7-10-21(11-8-14)17(22)4-3-9-19/h5-6,12,14H,3-4,7-11H2,1-2H3,(H,20,23). The second-order valence-corrected chi connectivity index (χ2v) is 6.37. The molecule has 0 radical (unpaired) electrons. The van der Waals surface area contributed by atoms with E-state index in [2.05, 4.69) is 5.32 Å². The van der Waals surface area contributed by atoms with Gasteiger partial charge in [0, 0.05) is 37.0 Å². The Morgan fingerprint density at radius 2 is 1.88 bits per heavy atom. The maximum absolute atomic E-state index is 12.4. The van der Waals surface area contributed by atoms with E-state index in [1.807, 2.05) is 4.90 Å². The number of likely N-dealkylation sites (tertiary alicyclic amines) is 1. The third-order valence-corrected chi connectivity index (χ3v) is 4.62. The van der Waals surface area contributed by atoms with Gasteiger partial charge in [-0.05, 0) is 37.5 Å². The molecular weight excluding hydrogens is 344 g/mol. The van der Waals surface area contributed by atoms with Crippen LogP contribution in [0, 0.1) is 0 Å². The number of halogens is 1. The van der Waals surface area contributed by atoms with Crippen molar-refractivity contribution in [3.05, 3.63) is 23.8 Å². The number of benzene rings is 1. The molecule has 1 aliphatic heterocycles. The third kappa shape index (κ3) is 5.26. The molecule has 0 unspecified atom stereocenters. The topological polar surface area (TPSA) is 67.9 Å². The largest absolute Gasteiger partial charge is 0.493 e. The van der Waals surface area contributed by atoms with Gasteiger partial charge in [0.1, 0.15) is 0 Å². The summed E-state index contributed by atoms with van der Waals surface area (Å²) in [6.07, 6.45) is 2.71. The SMILES string of the molecule is COc1ccc(C(=O)NC2CCN(C(=O)CCCCl)CC2)cc1OC. The molecule has 7 heteroatoms. The van der Waals surface area contributed by atoms with E-state index >= 15 is 0 Å². The molecule has 1 saturated heterocycles. The van der Waals surface area contributed by atoms with E-state index in [-0.39, 0.29) is 17.9 Å². The number of carbonyl (C=O) groups excluding carboxylic acids is 2. The molecule has 1 N–H and O–H groups in total. The van der Waals surface area contributed by atoms with E-state index in [0.29, 0.717) is 48.9 Å². The minimum atomic E-state index is -0.145. The lowest BCUT2D eigenvalue weighted by atomic mass is 10.0. The summed E-state index contributed by atoms with van der Waals surface area (Å²) < 4.78 is 10.4. The highest BCUT2D eigenvalue weighted by Gasteiger charge is 2.24. The Labute approximate surface area is 153 Å². The molecule has 2 rings (SSSR count). The van der Waals surface area contributed by atoms with Gasteiger partial charge in [-0.1, -0.05) is 0 Å². The second-order valence-electron chi connectivity index (χ2n) is 5.99. The smallest absolute Gasteiger partial charge is 0.251 e. The number of hydrogen-bond donors (Lipinski definition) is 1. The molecule has 2 amide bonds. The molecule has 0 aliphatic carbocycles. The van der Waals surface area contributed by atoms with Crippen LogP contribution in [0.4, 0.5) is 0 Å². The first-order chi connectivity index (χ1) is 12.1. The van der Waals surface area contributed by atoms with Crippen molar-refractivity contribution in [2.24, 2.45) is 0 Å². The summed E-state index contributed by atoms with van der Waals surface area (Å²) in [5, 5.41) is 3.03. The highest BCUT2D eigenvalue weighted by Crippen LogP contribution is 2.27. The minimum Gasteiger partial charge on any atom is -0.493 e. The number of rotatable bonds is 7. The number of methoxy groups -OCH3 is 2. The molecule has 6 nitrogen and oxygen atoms in total. The summed E-state index contributed by atoms with van der Waals surface area (Å²) in [6, 6.07) is 5.16. The van der Waals surface area contributed by atoms with Gasteiger partial charge in [-0.3, -0.25) is 9.59 Å². The maximum Gasteiger partial charge on any atom is 0.251 e. The zero-order chi connectivity index (χ0) is 18.2. The van der Waals surface area contributed by atoms with Gasteiger partial charge in [-0.25, -0.2) is 0 Å². The van der Waals surface area contributed by atoms with Crippen molar-refractivity contribution in [1.29, 1.82) is 0 Å². The quantitative estimate of drug-likeness (QED) is 0.750. The predicted octanol–water partition coefficient (Wildman–Crippen LogP) is 2.44. The lowest BCUT2D eigenvalue weighted by Gasteiger charge is -2.32. The van der Waals surface area contributed by atoms with Crippen LogP contribution in [0.2, 0.25) is 0 Å². The summed E-state index contributed by atoms with van der Waals surface area (Å²) in [4.78, 5) is 26.3. The molecule has 1 heterocycles. The molecule has 1 aromatic carbocycles. The molecule has 0 aromatic heterocycles. The highest BCUT2D eigenvalue weighted by molar-refractivity contribution is 6.17. The fraction of sp³-hybridized carbons (Fsp3) is 0.556. The highest BCUT2D eigenvalue weighted by atomic mass is 35.5. The number of carbonyl (C=O) groups is 2. The average Bonchev–Trinajstić information content (AvgIpc) is 2.65. The van der Waals surface area contributed by atoms with Crippen molar-refractivity contribution < 1.29 is 19.1 Å². The van der Waals surface area contributed by atoms with Crippen LogP contribution in [0.3, 0.4) is 0 Å². The van der Waals surface area contributed by atoms with Gasteiger partial charge in [0.15, 0.2) is 11.5 Å². The Bertz CT molecular complexity index is 601. The Balaban J connectivity index is 1.87. The molecular formula is C18H25ClN2O4. The number of ether oxygens (including phenoxy) is 2. The van der Waals surface area contributed by atoms with E-state index in [4.69, 9.17) is 21.1 Å². The molecule has 0 bridgehead atoms. The van der Waals surface area contributed by atoms with E-state index in [9.17, 15) is 9.59 Å². The van der Waals surface area contributed by atoms with Gasteiger partial charge in [0.05, 0.1) is 14.2 Å². The van der Waals surface area contributed by atoms with Gasteiger partial charge in [-0.15, -0.1) is 11.6 Å². The van der Waals surface area contributed by atoms with Gasteiger partial charge >= 0.3 is 0 Å². The van der Waals surface area contributed by atoms with Gasteiger partial charge < -0.3 is 19.7 Å². The van der Waals surface area contributed by atoms with Crippen molar-refractivity contribution in [1.82, 2.24) is 10.2 Å². The number of hydrogen-bond acceptors (Lipinski definition) is 4. The second kappa shape index (κ2) is 9.51. The lowest BCUT2D eigenvalue weighted by molar-refractivity contribution is -0.132. The summed E-state index contributed by atoms with van der Waals surface area (Å²) in [6.45, 7) is 1.33. The van der Waals surface area contributed by atoms with Crippen LogP contribution in [-0.2, 0) is 4.79 Å². The molecule has 1 fully saturated rings. The third-order valence-electron chi connectivity index (χ3n) is 4.35. The molecule has 1 aromatic rings. The maximum atomic E-state index is 12.4. The van der Waals surface area contributed by atoms with E-state index < -0.39 is 0 Å². The van der Waals surface area contributed by atoms with Gasteiger partial charge in [0.2, 0.25) is 5.91 Å². The van der Waals surface area contributed by atoms with Gasteiger partial charge in [-0.2, -0.15) is 0 Å². The summed E-state index contributed by atoms with van der Waals surface area (Å²) >= 11 is 5.63. The number of nitrogens with one attached hydrogen (secondary N) is 1. The zero-order valence-corrected chi connectivity index (χ0v) is 15.5. The Morgan fingerprint density at radius 1 is 1.20 bits per heavy atom. The van der Waals surface area contributed by atoms with Crippen molar-refractivity contribution in [2.75, 3.05) is 33.2 Å². The van der Waals surface area contributed by atoms with Crippen LogP contribution in [0.25, 0.3) is 0 Å². The van der Waals surface area contributed by atoms with Crippen LogP contribution in [0.1, 0.15) is 36.0 Å². The summed E-state index contributed by atoms with van der Waals surface area (Å²) in [7, 11) is 3.09. The summed E-state index contributed by atoms with van der Waals surface area (Å²) in [5.41, 5.74) is 0.526. The van der Waals surface area contributed by atoms with Crippen molar-refractivity contribution in [3.63, 3.8) is 0 Å². The fourth-order valence-electron chi connectivity index (χ4n) is 2.90. The van der Waals surface area contributed by atoms with E-state index in [1.165, 1.54) is 7.11 Å². The first-order valence-electron chi connectivity index (χ1n) is 8.45. The fourth-order valence-corrected chi connectivity index (χ4v) is 3.03. The van der Waals surface area contributed by atoms with Crippen LogP contribution in [-0.4, -0.2) is 55.9 Å². The van der Waals surface area contributed by atoms with Crippen molar-refractivity contribution >= 4 is 23.4 Å². The number of nitrogens with zero attached hydrogens (tertiary/aromatic N) is 1. The van der Waals surface area contributed by atoms with Gasteiger partial charge in [0.25, 0.3) is 5.91 Å². The molecule has 25 heavy (non-hydrogen) atoms. The number of alkyl halides is 1. The lowest BCUT2D eigenvalue weighted by Crippen LogP contribution is -2.46. The zero-order valence-electron chi connectivity index (χ0n) is 14.7. The van der Waals surface area contributed by atoms with E-state index in [1.54, 1.807) is 25.3 Å². The Hall–Kier alpha value is -1.95. The van der Waals surface area contributed by atoms with Crippen molar-refractivity contribution in [3.8, 4) is 11.5 Å². The van der Waals surface area contributed by atoms with Crippen LogP contribution in [0.5, 0.6) is 11.5 Å². The first kappa shape index (κ1) is 19.4. The molecule has 0 saturated carbocycles. The van der Waals surface area contributed by atoms with E-state index in [0.717, 1.165) is 12.8 Å². The van der Waals surface area contributed by atoms with Crippen LogP contribution >= 0.6 is 11.6 Å². The number of amides is 2. The van der Waals surface area contributed by atoms with Crippen LogP contribution in [0.15, 0.2) is 18.2 Å². The molecule has 1 aliphatic rings. The minimum absolute atomic E-state index is 0.0673. The normalized spacial score (nSPS) is 14.9. The predicted molar refractivity (Wildman–Crippen MR) is 96.6 cm³/mol. The monoisotopic (exact) mass is 368 g/mol. The van der Waals surface area contributed by atoms with Crippen molar-refractivity contribution in [2.45, 2.75) is 31.7 Å². The Kier molecular flexibility index (Phi) is 7.37. The molecule has 0 atom stereocenters. The first-order valence-corrected chi connectivity index (χ1v) is 8.99. The van der Waals surface area contributed by atoms with Crippen LogP contribution < -0.4 is 14.8 Å². The summed E-state index contributed by atoms with van der Waals surface area (Å²) in [5.74, 6) is 1.61. The number of piperidine rings is 1. The Morgan fingerprint density at radius 3 is 2.48 bits per heavy atom. The molecule has 138 valence electrons. The average molecular weight is 369 g/mol.